The number of nitro groups is 2. The zero-order valence-corrected chi connectivity index (χ0v) is 16.1. The Kier molecular flexibility index (Phi) is 6.17. The van der Waals surface area contributed by atoms with E-state index in [1.54, 1.807) is 0 Å². The van der Waals surface area contributed by atoms with E-state index in [4.69, 9.17) is 0 Å². The van der Waals surface area contributed by atoms with E-state index in [0.29, 0.717) is 0 Å². The fourth-order valence-corrected chi connectivity index (χ4v) is 3.15. The van der Waals surface area contributed by atoms with E-state index in [2.05, 4.69) is 5.32 Å². The van der Waals surface area contributed by atoms with Gasteiger partial charge in [-0.2, -0.15) is 0 Å². The number of nitrogens with one attached hydrogen (secondary N) is 1. The highest BCUT2D eigenvalue weighted by Gasteiger charge is 2.21. The summed E-state index contributed by atoms with van der Waals surface area (Å²) in [7, 11) is 0. The number of aryl methyl sites for hydroxylation is 1. The Bertz CT molecular complexity index is 1050. The summed E-state index contributed by atoms with van der Waals surface area (Å²) in [5, 5.41) is 24.9. The molecular weight excluding hydrogens is 386 g/mol. The quantitative estimate of drug-likeness (QED) is 0.463. The highest BCUT2D eigenvalue weighted by molar-refractivity contribution is 5.95. The van der Waals surface area contributed by atoms with E-state index >= 15 is 0 Å². The normalized spacial score (nSPS) is 11.5. The van der Waals surface area contributed by atoms with Gasteiger partial charge in [0.05, 0.1) is 21.5 Å². The van der Waals surface area contributed by atoms with Gasteiger partial charge in [-0.15, -0.1) is 0 Å². The van der Waals surface area contributed by atoms with Crippen molar-refractivity contribution in [3.63, 3.8) is 0 Å². The first-order chi connectivity index (χ1) is 14.3. The minimum Gasteiger partial charge on any atom is -0.351 e. The molecule has 0 aliphatic rings. The molecule has 3 rings (SSSR count). The maximum atomic E-state index is 12.7. The summed E-state index contributed by atoms with van der Waals surface area (Å²) >= 11 is 0. The lowest BCUT2D eigenvalue weighted by atomic mass is 9.90. The van der Waals surface area contributed by atoms with Crippen molar-refractivity contribution in [3.8, 4) is 0 Å². The molecule has 152 valence electrons. The lowest BCUT2D eigenvalue weighted by Crippen LogP contribution is -2.29. The summed E-state index contributed by atoms with van der Waals surface area (Å²) in [6.45, 7) is 2.21. The van der Waals surface area contributed by atoms with Crippen LogP contribution in [-0.2, 0) is 0 Å². The smallest absolute Gasteiger partial charge is 0.277 e. The van der Waals surface area contributed by atoms with Gasteiger partial charge in [0, 0.05) is 24.6 Å². The average Bonchev–Trinajstić information content (AvgIpc) is 2.75. The Morgan fingerprint density at radius 1 is 0.867 bits per heavy atom. The van der Waals surface area contributed by atoms with Gasteiger partial charge in [-0.3, -0.25) is 25.0 Å². The molecule has 30 heavy (non-hydrogen) atoms. The van der Waals surface area contributed by atoms with Crippen LogP contribution in [0.4, 0.5) is 11.4 Å². The van der Waals surface area contributed by atoms with Gasteiger partial charge < -0.3 is 5.32 Å². The van der Waals surface area contributed by atoms with E-state index in [1.165, 1.54) is 0 Å². The minimum absolute atomic E-state index is 0.133. The lowest BCUT2D eigenvalue weighted by Gasteiger charge is -2.19. The summed E-state index contributed by atoms with van der Waals surface area (Å²) in [4.78, 5) is 33.3. The van der Waals surface area contributed by atoms with Gasteiger partial charge in [-0.25, -0.2) is 0 Å². The molecule has 0 saturated carbocycles. The Hall–Kier alpha value is -4.07. The van der Waals surface area contributed by atoms with Crippen molar-refractivity contribution in [3.05, 3.63) is 115 Å². The summed E-state index contributed by atoms with van der Waals surface area (Å²) in [6, 6.07) is 20.4. The zero-order valence-electron chi connectivity index (χ0n) is 16.1. The van der Waals surface area contributed by atoms with Crippen LogP contribution in [0, 0.1) is 27.2 Å². The van der Waals surface area contributed by atoms with Crippen molar-refractivity contribution in [2.24, 2.45) is 0 Å². The number of amides is 1. The van der Waals surface area contributed by atoms with Crippen molar-refractivity contribution in [2.75, 3.05) is 6.54 Å². The molecule has 1 amide bonds. The van der Waals surface area contributed by atoms with Crippen molar-refractivity contribution < 1.29 is 14.6 Å². The molecule has 0 fully saturated rings. The Morgan fingerprint density at radius 2 is 1.40 bits per heavy atom. The topological polar surface area (TPSA) is 115 Å². The van der Waals surface area contributed by atoms with Crippen LogP contribution in [-0.4, -0.2) is 22.3 Å². The number of benzene rings is 3. The van der Waals surface area contributed by atoms with E-state index in [9.17, 15) is 25.0 Å². The second-order valence-electron chi connectivity index (χ2n) is 6.84. The highest BCUT2D eigenvalue weighted by Crippen LogP contribution is 2.26. The van der Waals surface area contributed by atoms with Crippen LogP contribution in [0.2, 0.25) is 0 Å². The maximum absolute atomic E-state index is 12.7. The SMILES string of the molecule is Cc1ccc(C(CNC(=O)c2cc([N+](=O)[O-])cc([N+](=O)[O-])c2)c2ccccc2)cc1. The van der Waals surface area contributed by atoms with Crippen molar-refractivity contribution in [1.29, 1.82) is 0 Å². The van der Waals surface area contributed by atoms with Crippen LogP contribution < -0.4 is 5.32 Å². The zero-order chi connectivity index (χ0) is 21.7. The van der Waals surface area contributed by atoms with Gasteiger partial charge in [0.25, 0.3) is 17.3 Å². The fraction of sp³-hybridized carbons (Fsp3) is 0.136. The third kappa shape index (κ3) is 4.85. The number of hydrogen-bond acceptors (Lipinski definition) is 5. The second-order valence-corrected chi connectivity index (χ2v) is 6.84. The van der Waals surface area contributed by atoms with Crippen LogP contribution >= 0.6 is 0 Å². The molecule has 1 unspecified atom stereocenters. The molecule has 8 heteroatoms. The van der Waals surface area contributed by atoms with Gasteiger partial charge in [-0.1, -0.05) is 60.2 Å². The Morgan fingerprint density at radius 3 is 1.93 bits per heavy atom. The van der Waals surface area contributed by atoms with Crippen LogP contribution in [0.1, 0.15) is 33.0 Å². The molecule has 8 nitrogen and oxygen atoms in total. The minimum atomic E-state index is -0.761. The molecule has 0 spiro atoms. The largest absolute Gasteiger partial charge is 0.351 e. The summed E-state index contributed by atoms with van der Waals surface area (Å²) in [6.07, 6.45) is 0. The number of carbonyl (C=O) groups is 1. The molecular formula is C22H19N3O5. The summed E-state index contributed by atoms with van der Waals surface area (Å²) in [5.74, 6) is -0.765. The molecule has 3 aromatic carbocycles. The standard InChI is InChI=1S/C22H19N3O5/c1-15-7-9-17(10-8-15)21(16-5-3-2-4-6-16)14-23-22(26)18-11-19(24(27)28)13-20(12-18)25(29)30/h2-13,21H,14H2,1H3,(H,23,26). The number of nitrogens with zero attached hydrogens (tertiary/aromatic N) is 2. The van der Waals surface area contributed by atoms with Crippen molar-refractivity contribution in [2.45, 2.75) is 12.8 Å². The van der Waals surface area contributed by atoms with Gasteiger partial charge in [-0.05, 0) is 18.1 Å². The monoisotopic (exact) mass is 405 g/mol. The Balaban J connectivity index is 1.87. The first kappa shape index (κ1) is 20.7. The van der Waals surface area contributed by atoms with Crippen LogP contribution in [0.5, 0.6) is 0 Å². The van der Waals surface area contributed by atoms with Crippen LogP contribution in [0.3, 0.4) is 0 Å². The van der Waals surface area contributed by atoms with Gasteiger partial charge in [0.2, 0.25) is 0 Å². The molecule has 1 N–H and O–H groups in total. The number of non-ortho nitro benzene ring substituents is 2. The first-order valence-corrected chi connectivity index (χ1v) is 9.18. The molecule has 0 aromatic heterocycles. The van der Waals surface area contributed by atoms with Crippen LogP contribution in [0.15, 0.2) is 72.8 Å². The summed E-state index contributed by atoms with van der Waals surface area (Å²) < 4.78 is 0. The molecule has 0 aliphatic carbocycles. The van der Waals surface area contributed by atoms with Gasteiger partial charge in [0.1, 0.15) is 0 Å². The Labute approximate surface area is 172 Å². The molecule has 0 aliphatic heterocycles. The molecule has 0 heterocycles. The number of rotatable bonds is 7. The third-order valence-corrected chi connectivity index (χ3v) is 4.73. The van der Waals surface area contributed by atoms with Gasteiger partial charge in [0.15, 0.2) is 0 Å². The van der Waals surface area contributed by atoms with E-state index in [-0.39, 0.29) is 18.0 Å². The molecule has 3 aromatic rings. The molecule has 0 radical (unpaired) electrons. The maximum Gasteiger partial charge on any atom is 0.277 e. The average molecular weight is 405 g/mol. The third-order valence-electron chi connectivity index (χ3n) is 4.73. The molecule has 0 bridgehead atoms. The second kappa shape index (κ2) is 8.95. The van der Waals surface area contributed by atoms with Crippen molar-refractivity contribution in [1.82, 2.24) is 5.32 Å². The molecule has 0 saturated heterocycles. The predicted octanol–water partition coefficient (Wildman–Crippen LogP) is 4.37. The lowest BCUT2D eigenvalue weighted by molar-refractivity contribution is -0.394. The number of carbonyl (C=O) groups excluding carboxylic acids is 1. The van der Waals surface area contributed by atoms with Crippen LogP contribution in [0.25, 0.3) is 0 Å². The summed E-state index contributed by atoms with van der Waals surface area (Å²) in [5.41, 5.74) is 1.95. The number of nitro benzene ring substituents is 2. The van der Waals surface area contributed by atoms with E-state index < -0.39 is 27.1 Å². The highest BCUT2D eigenvalue weighted by atomic mass is 16.6. The van der Waals surface area contributed by atoms with Crippen molar-refractivity contribution >= 4 is 17.3 Å². The fourth-order valence-electron chi connectivity index (χ4n) is 3.15. The van der Waals surface area contributed by atoms with E-state index in [1.807, 2.05) is 61.5 Å². The van der Waals surface area contributed by atoms with Gasteiger partial charge >= 0.3 is 0 Å². The predicted molar refractivity (Wildman–Crippen MR) is 112 cm³/mol. The van der Waals surface area contributed by atoms with E-state index in [0.717, 1.165) is 34.9 Å². The molecule has 1 atom stereocenters. The first-order valence-electron chi connectivity index (χ1n) is 9.18. The number of hydrogen-bond donors (Lipinski definition) is 1.